The zero-order valence-electron chi connectivity index (χ0n) is 28.0. The van der Waals surface area contributed by atoms with E-state index >= 15 is 0 Å². The summed E-state index contributed by atoms with van der Waals surface area (Å²) in [5.41, 5.74) is 11.0. The van der Waals surface area contributed by atoms with Gasteiger partial charge in [-0.1, -0.05) is 140 Å². The number of nitrogens with zero attached hydrogens (tertiary/aromatic N) is 3. The molecular formula is C48H29N3O. The summed E-state index contributed by atoms with van der Waals surface area (Å²) in [7, 11) is 0. The molecule has 8 aromatic carbocycles. The molecule has 4 heteroatoms. The Bertz CT molecular complexity index is 3180. The van der Waals surface area contributed by atoms with Crippen LogP contribution in [0.3, 0.4) is 0 Å². The normalized spacial score (nSPS) is 11.8. The molecule has 0 saturated heterocycles. The Morgan fingerprint density at radius 1 is 0.404 bits per heavy atom. The van der Waals surface area contributed by atoms with Crippen molar-refractivity contribution < 1.29 is 4.42 Å². The molecule has 242 valence electrons. The predicted molar refractivity (Wildman–Crippen MR) is 215 cm³/mol. The summed E-state index contributed by atoms with van der Waals surface area (Å²) in [6.45, 7) is 0. The van der Waals surface area contributed by atoms with Gasteiger partial charge in [0.05, 0.1) is 22.2 Å². The Hall–Kier alpha value is -7.04. The van der Waals surface area contributed by atoms with E-state index in [1.54, 1.807) is 0 Å². The van der Waals surface area contributed by atoms with Gasteiger partial charge in [-0.3, -0.25) is 4.57 Å². The summed E-state index contributed by atoms with van der Waals surface area (Å²) < 4.78 is 8.84. The molecular weight excluding hydrogens is 635 g/mol. The van der Waals surface area contributed by atoms with E-state index in [2.05, 4.69) is 162 Å². The van der Waals surface area contributed by atoms with E-state index in [0.717, 1.165) is 77.4 Å². The van der Waals surface area contributed by atoms with Gasteiger partial charge in [0.2, 0.25) is 5.95 Å². The third-order valence-electron chi connectivity index (χ3n) is 10.4. The van der Waals surface area contributed by atoms with Crippen molar-refractivity contribution in [1.82, 2.24) is 14.5 Å². The Kier molecular flexibility index (Phi) is 6.22. The highest BCUT2D eigenvalue weighted by Gasteiger charge is 2.21. The molecule has 3 heterocycles. The van der Waals surface area contributed by atoms with Crippen molar-refractivity contribution in [2.45, 2.75) is 0 Å². The highest BCUT2D eigenvalue weighted by molar-refractivity contribution is 6.14. The lowest BCUT2D eigenvalue weighted by atomic mass is 9.91. The molecule has 4 nitrogen and oxygen atoms in total. The van der Waals surface area contributed by atoms with Crippen LogP contribution >= 0.6 is 0 Å². The Morgan fingerprint density at radius 3 is 1.90 bits per heavy atom. The summed E-state index contributed by atoms with van der Waals surface area (Å²) in [5, 5.41) is 7.92. The van der Waals surface area contributed by atoms with Crippen molar-refractivity contribution in [3.05, 3.63) is 176 Å². The molecule has 11 aromatic rings. The summed E-state index contributed by atoms with van der Waals surface area (Å²) in [6, 6.07) is 61.9. The molecule has 0 aliphatic carbocycles. The number of fused-ring (bicyclic) bond motifs is 8. The second kappa shape index (κ2) is 11.2. The van der Waals surface area contributed by atoms with Gasteiger partial charge in [0.1, 0.15) is 11.2 Å². The summed E-state index contributed by atoms with van der Waals surface area (Å²) in [5.74, 6) is 0.633. The van der Waals surface area contributed by atoms with Crippen molar-refractivity contribution in [2.24, 2.45) is 0 Å². The molecule has 0 bridgehead atoms. The number of aromatic nitrogens is 3. The lowest BCUT2D eigenvalue weighted by Crippen LogP contribution is -2.04. The first-order chi connectivity index (χ1) is 25.8. The van der Waals surface area contributed by atoms with Gasteiger partial charge in [-0.05, 0) is 63.9 Å². The average Bonchev–Trinajstić information content (AvgIpc) is 3.75. The number of furan rings is 1. The van der Waals surface area contributed by atoms with Crippen LogP contribution in [0.15, 0.2) is 180 Å². The quantitative estimate of drug-likeness (QED) is 0.188. The molecule has 0 unspecified atom stereocenters. The van der Waals surface area contributed by atoms with Crippen molar-refractivity contribution >= 4 is 65.4 Å². The SMILES string of the molecule is c1ccc(-c2cc3c(-c4ccccc4)nc(-n4c5ccccc5c5cc6ccccc6cc54)nc3cc2-c2cccc3c2oc2ccccc23)cc1. The molecule has 11 rings (SSSR count). The molecule has 0 radical (unpaired) electrons. The smallest absolute Gasteiger partial charge is 0.235 e. The first-order valence-electron chi connectivity index (χ1n) is 17.6. The minimum absolute atomic E-state index is 0.633. The topological polar surface area (TPSA) is 43.9 Å². The van der Waals surface area contributed by atoms with Crippen molar-refractivity contribution in [3.63, 3.8) is 0 Å². The van der Waals surface area contributed by atoms with Crippen molar-refractivity contribution in [3.8, 4) is 39.5 Å². The minimum atomic E-state index is 0.633. The van der Waals surface area contributed by atoms with Gasteiger partial charge in [-0.2, -0.15) is 0 Å². The summed E-state index contributed by atoms with van der Waals surface area (Å²) in [4.78, 5) is 10.9. The molecule has 0 spiro atoms. The van der Waals surface area contributed by atoms with Crippen LogP contribution in [0.25, 0.3) is 105 Å². The van der Waals surface area contributed by atoms with Crippen molar-refractivity contribution in [1.29, 1.82) is 0 Å². The molecule has 0 aliphatic rings. The predicted octanol–water partition coefficient (Wildman–Crippen LogP) is 12.8. The Balaban J connectivity index is 1.27. The van der Waals surface area contributed by atoms with E-state index in [9.17, 15) is 0 Å². The van der Waals surface area contributed by atoms with E-state index in [1.165, 1.54) is 21.5 Å². The molecule has 0 N–H and O–H groups in total. The van der Waals surface area contributed by atoms with Crippen LogP contribution in [0, 0.1) is 0 Å². The lowest BCUT2D eigenvalue weighted by molar-refractivity contribution is 0.670. The molecule has 0 atom stereocenters. The second-order valence-corrected chi connectivity index (χ2v) is 13.4. The monoisotopic (exact) mass is 663 g/mol. The zero-order chi connectivity index (χ0) is 34.2. The van der Waals surface area contributed by atoms with E-state index in [-0.39, 0.29) is 0 Å². The van der Waals surface area contributed by atoms with E-state index in [4.69, 9.17) is 14.4 Å². The molecule has 52 heavy (non-hydrogen) atoms. The van der Waals surface area contributed by atoms with Crippen LogP contribution in [-0.2, 0) is 0 Å². The van der Waals surface area contributed by atoms with Gasteiger partial charge in [0.15, 0.2) is 0 Å². The van der Waals surface area contributed by atoms with E-state index in [1.807, 2.05) is 18.2 Å². The second-order valence-electron chi connectivity index (χ2n) is 13.4. The van der Waals surface area contributed by atoms with Crippen LogP contribution in [-0.4, -0.2) is 14.5 Å². The standard InChI is InChI=1S/C48H29N3O/c1-3-14-30(15-4-1)38-28-41-42(29-39(38)37-23-13-22-36-35-21-10-12-25-45(35)52-47(36)37)49-48(50-46(41)31-16-5-2-6-17-31)51-43-24-11-9-20-34(43)40-26-32-18-7-8-19-33(32)27-44(40)51/h1-29H. The molecule has 0 aliphatic heterocycles. The van der Waals surface area contributed by atoms with Crippen LogP contribution < -0.4 is 0 Å². The highest BCUT2D eigenvalue weighted by atomic mass is 16.3. The maximum Gasteiger partial charge on any atom is 0.235 e. The maximum absolute atomic E-state index is 6.61. The van der Waals surface area contributed by atoms with Crippen molar-refractivity contribution in [2.75, 3.05) is 0 Å². The van der Waals surface area contributed by atoms with Gasteiger partial charge in [0.25, 0.3) is 0 Å². The Morgan fingerprint density at radius 2 is 1.08 bits per heavy atom. The summed E-state index contributed by atoms with van der Waals surface area (Å²) in [6.07, 6.45) is 0. The lowest BCUT2D eigenvalue weighted by Gasteiger charge is -2.16. The third kappa shape index (κ3) is 4.34. The number of para-hydroxylation sites is 3. The maximum atomic E-state index is 6.61. The van der Waals surface area contributed by atoms with Crippen LogP contribution in [0.5, 0.6) is 0 Å². The minimum Gasteiger partial charge on any atom is -0.455 e. The number of hydrogen-bond donors (Lipinski definition) is 0. The molecule has 0 saturated carbocycles. The summed E-state index contributed by atoms with van der Waals surface area (Å²) >= 11 is 0. The Labute approximate surface area is 298 Å². The highest BCUT2D eigenvalue weighted by Crippen LogP contribution is 2.43. The fraction of sp³-hybridized carbons (Fsp3) is 0. The molecule has 3 aromatic heterocycles. The molecule has 0 fully saturated rings. The number of hydrogen-bond acceptors (Lipinski definition) is 3. The van der Waals surface area contributed by atoms with Gasteiger partial charge in [-0.15, -0.1) is 0 Å². The van der Waals surface area contributed by atoms with Gasteiger partial charge < -0.3 is 4.42 Å². The third-order valence-corrected chi connectivity index (χ3v) is 10.4. The van der Waals surface area contributed by atoms with Gasteiger partial charge in [-0.25, -0.2) is 9.97 Å². The van der Waals surface area contributed by atoms with Gasteiger partial charge >= 0.3 is 0 Å². The first-order valence-corrected chi connectivity index (χ1v) is 17.6. The van der Waals surface area contributed by atoms with Gasteiger partial charge in [0, 0.05) is 38.1 Å². The average molecular weight is 664 g/mol. The van der Waals surface area contributed by atoms with Crippen LogP contribution in [0.4, 0.5) is 0 Å². The zero-order valence-corrected chi connectivity index (χ0v) is 28.0. The number of rotatable bonds is 4. The molecule has 0 amide bonds. The fourth-order valence-electron chi connectivity index (χ4n) is 7.99. The van der Waals surface area contributed by atoms with Crippen LogP contribution in [0.1, 0.15) is 0 Å². The van der Waals surface area contributed by atoms with Crippen LogP contribution in [0.2, 0.25) is 0 Å². The van der Waals surface area contributed by atoms with E-state index < -0.39 is 0 Å². The number of benzene rings is 8. The first kappa shape index (κ1) is 28.8. The van der Waals surface area contributed by atoms with E-state index in [0.29, 0.717) is 5.95 Å². The fourth-order valence-corrected chi connectivity index (χ4v) is 7.99. The largest absolute Gasteiger partial charge is 0.455 e.